The Morgan fingerprint density at radius 2 is 1.84 bits per heavy atom. The first kappa shape index (κ1) is 23.1. The topological polar surface area (TPSA) is 105 Å². The quantitative estimate of drug-likeness (QED) is 0.314. The maximum atomic E-state index is 15.6. The minimum atomic E-state index is -4.53. The summed E-state index contributed by atoms with van der Waals surface area (Å²) in [5.41, 5.74) is 2.36. The second-order valence-corrected chi connectivity index (χ2v) is 8.61. The van der Waals surface area contributed by atoms with Gasteiger partial charge in [0.15, 0.2) is 11.5 Å². The highest BCUT2D eigenvalue weighted by molar-refractivity contribution is 5.80. The van der Waals surface area contributed by atoms with Crippen molar-refractivity contribution in [1.29, 1.82) is 0 Å². The van der Waals surface area contributed by atoms with Crippen LogP contribution in [0.5, 0.6) is 11.9 Å². The third-order valence-corrected chi connectivity index (χ3v) is 6.36. The van der Waals surface area contributed by atoms with Crippen LogP contribution < -0.4 is 9.47 Å². The minimum Gasteiger partial charge on any atom is -0.480 e. The maximum Gasteiger partial charge on any atom is 0.408 e. The van der Waals surface area contributed by atoms with Gasteiger partial charge in [0.2, 0.25) is 5.88 Å². The molecule has 0 radical (unpaired) electrons. The van der Waals surface area contributed by atoms with E-state index in [1.54, 1.807) is 18.2 Å². The largest absolute Gasteiger partial charge is 0.480 e. The number of methoxy groups -OCH3 is 2. The molecule has 1 saturated carbocycles. The molecule has 0 saturated heterocycles. The summed E-state index contributed by atoms with van der Waals surface area (Å²) < 4.78 is 67.0. The van der Waals surface area contributed by atoms with Crippen LogP contribution in [0, 0.1) is 5.82 Å². The molecule has 1 aromatic carbocycles. The summed E-state index contributed by atoms with van der Waals surface area (Å²) >= 11 is 0. The van der Waals surface area contributed by atoms with Crippen LogP contribution >= 0.6 is 0 Å². The van der Waals surface area contributed by atoms with E-state index < -0.39 is 18.5 Å². The lowest BCUT2D eigenvalue weighted by Crippen LogP contribution is -2.19. The van der Waals surface area contributed by atoms with E-state index in [-0.39, 0.29) is 29.2 Å². The van der Waals surface area contributed by atoms with E-state index in [1.807, 2.05) is 0 Å². The molecule has 0 bridgehead atoms. The third-order valence-electron chi connectivity index (χ3n) is 6.36. The lowest BCUT2D eigenvalue weighted by molar-refractivity contribution is -0.141. The highest BCUT2D eigenvalue weighted by Gasteiger charge is 2.43. The van der Waals surface area contributed by atoms with Gasteiger partial charge in [0.25, 0.3) is 0 Å². The first-order valence-corrected chi connectivity index (χ1v) is 11.1. The van der Waals surface area contributed by atoms with Crippen LogP contribution in [0.1, 0.15) is 29.4 Å². The molecule has 1 unspecified atom stereocenters. The number of hydrogen-bond acceptors (Lipinski definition) is 8. The summed E-state index contributed by atoms with van der Waals surface area (Å²) in [6, 6.07) is 5.12. The number of alkyl halides is 3. The van der Waals surface area contributed by atoms with Crippen molar-refractivity contribution in [2.45, 2.75) is 31.0 Å². The van der Waals surface area contributed by atoms with Gasteiger partial charge < -0.3 is 9.47 Å². The number of nitrogens with zero attached hydrogens (tertiary/aromatic N) is 8. The summed E-state index contributed by atoms with van der Waals surface area (Å²) in [6.45, 7) is -1.37. The van der Waals surface area contributed by atoms with E-state index in [4.69, 9.17) is 9.47 Å². The van der Waals surface area contributed by atoms with Crippen molar-refractivity contribution in [2.75, 3.05) is 14.2 Å². The van der Waals surface area contributed by atoms with Crippen LogP contribution in [0.2, 0.25) is 0 Å². The van der Waals surface area contributed by atoms with Crippen molar-refractivity contribution in [3.63, 3.8) is 0 Å². The first-order chi connectivity index (χ1) is 17.8. The number of benzene rings is 1. The van der Waals surface area contributed by atoms with E-state index in [1.165, 1.54) is 37.6 Å². The van der Waals surface area contributed by atoms with Gasteiger partial charge in [-0.25, -0.2) is 14.4 Å². The number of hydrogen-bond donors (Lipinski definition) is 0. The first-order valence-electron chi connectivity index (χ1n) is 11.1. The molecule has 6 rings (SSSR count). The van der Waals surface area contributed by atoms with Gasteiger partial charge >= 0.3 is 12.2 Å². The summed E-state index contributed by atoms with van der Waals surface area (Å²) in [6.07, 6.45) is 0.147. The molecule has 1 aliphatic rings. The number of halogens is 4. The van der Waals surface area contributed by atoms with E-state index >= 15 is 4.39 Å². The molecule has 0 N–H and O–H groups in total. The van der Waals surface area contributed by atoms with E-state index in [2.05, 4.69) is 30.2 Å². The van der Waals surface area contributed by atoms with Crippen molar-refractivity contribution in [3.05, 3.63) is 53.9 Å². The van der Waals surface area contributed by atoms with Crippen molar-refractivity contribution in [2.24, 2.45) is 0 Å². The zero-order valence-corrected chi connectivity index (χ0v) is 19.4. The van der Waals surface area contributed by atoms with Gasteiger partial charge in [-0.1, -0.05) is 12.1 Å². The Balaban J connectivity index is 1.40. The number of aromatic nitrogens is 8. The smallest absolute Gasteiger partial charge is 0.408 e. The molecule has 4 aromatic heterocycles. The molecular weight excluding hydrogens is 496 g/mol. The molecule has 0 spiro atoms. The van der Waals surface area contributed by atoms with Gasteiger partial charge in [-0.2, -0.15) is 23.3 Å². The second-order valence-electron chi connectivity index (χ2n) is 8.61. The summed E-state index contributed by atoms with van der Waals surface area (Å²) in [4.78, 5) is 12.6. The molecule has 10 nitrogen and oxygen atoms in total. The highest BCUT2D eigenvalue weighted by Crippen LogP contribution is 2.56. The lowest BCUT2D eigenvalue weighted by Gasteiger charge is -2.11. The Morgan fingerprint density at radius 1 is 1.03 bits per heavy atom. The van der Waals surface area contributed by atoms with Gasteiger partial charge in [-0.3, -0.25) is 4.68 Å². The Morgan fingerprint density at radius 3 is 2.59 bits per heavy atom. The molecule has 0 aliphatic heterocycles. The molecule has 5 aromatic rings. The van der Waals surface area contributed by atoms with Crippen molar-refractivity contribution in [1.82, 2.24) is 39.6 Å². The number of rotatable bonds is 6. The Labute approximate surface area is 205 Å². The zero-order chi connectivity index (χ0) is 25.9. The molecule has 0 amide bonds. The highest BCUT2D eigenvalue weighted by atomic mass is 19.4. The molecule has 14 heteroatoms. The van der Waals surface area contributed by atoms with Crippen LogP contribution in [-0.2, 0) is 6.54 Å². The summed E-state index contributed by atoms with van der Waals surface area (Å²) in [5, 5.41) is 12.7. The fourth-order valence-electron chi connectivity index (χ4n) is 4.64. The molecule has 37 heavy (non-hydrogen) atoms. The molecule has 1 fully saturated rings. The Kier molecular flexibility index (Phi) is 5.21. The summed E-state index contributed by atoms with van der Waals surface area (Å²) in [7, 11) is 2.89. The molecule has 4 heterocycles. The predicted octanol–water partition coefficient (Wildman–Crippen LogP) is 3.92. The Bertz CT molecular complexity index is 1650. The van der Waals surface area contributed by atoms with Gasteiger partial charge in [0.05, 0.1) is 26.0 Å². The maximum absolute atomic E-state index is 15.6. The van der Waals surface area contributed by atoms with Gasteiger partial charge in [0.1, 0.15) is 24.1 Å². The Hall–Kier alpha value is -4.36. The van der Waals surface area contributed by atoms with Crippen molar-refractivity contribution in [3.8, 4) is 23.1 Å². The van der Waals surface area contributed by atoms with Crippen LogP contribution in [0.25, 0.3) is 27.8 Å². The van der Waals surface area contributed by atoms with Gasteiger partial charge in [0, 0.05) is 17.1 Å². The van der Waals surface area contributed by atoms with Crippen LogP contribution in [0.4, 0.5) is 17.6 Å². The zero-order valence-electron chi connectivity index (χ0n) is 19.4. The second kappa shape index (κ2) is 8.35. The number of fused-ring (bicyclic) bond motifs is 2. The molecule has 2 atom stereocenters. The predicted molar refractivity (Wildman–Crippen MR) is 121 cm³/mol. The van der Waals surface area contributed by atoms with E-state index in [9.17, 15) is 13.2 Å². The average molecular weight is 514 g/mol. The van der Waals surface area contributed by atoms with Crippen molar-refractivity contribution < 1.29 is 27.0 Å². The molecule has 1 aliphatic carbocycles. The lowest BCUT2D eigenvalue weighted by atomic mass is 10.0. The van der Waals surface area contributed by atoms with Gasteiger partial charge in [-0.05, 0) is 29.9 Å². The summed E-state index contributed by atoms with van der Waals surface area (Å²) in [5.74, 6) is -0.900. The molecular formula is C23H18F4N8O2. The fraction of sp³-hybridized carbons (Fsp3) is 0.304. The minimum absolute atomic E-state index is 0.126. The third kappa shape index (κ3) is 3.97. The fourth-order valence-corrected chi connectivity index (χ4v) is 4.64. The van der Waals surface area contributed by atoms with E-state index in [0.717, 1.165) is 5.56 Å². The number of ether oxygens (including phenoxy) is 2. The monoisotopic (exact) mass is 514 g/mol. The normalized spacial score (nSPS) is 17.5. The van der Waals surface area contributed by atoms with E-state index in [0.29, 0.717) is 39.0 Å². The van der Waals surface area contributed by atoms with Crippen molar-refractivity contribution >= 4 is 16.6 Å². The standard InChI is InChI=1S/C23H18F4N8O2/c1-36-21-16(8-28-22(32-21)37-2)17-6-15(20-29-10-31-35(20)33-17)14-5-13(14)12-4-3-11-7-30-34(9-23(25,26)27)19(11)18(12)24/h3-4,6-8,10,13-14H,5,9H2,1-2H3/t13-,14?/m1/s1. The molecule has 190 valence electrons. The van der Waals surface area contributed by atoms with Gasteiger partial charge in [-0.15, -0.1) is 14.8 Å². The van der Waals surface area contributed by atoms with Crippen LogP contribution in [0.15, 0.2) is 36.9 Å². The SMILES string of the molecule is COc1ncc(-c2cc(C3C[C@@H]3c3ccc4cnn(CC(F)(F)F)c4c3F)c3ncnn3n2)c(OC)n1. The average Bonchev–Trinajstić information content (AvgIpc) is 3.31. The van der Waals surface area contributed by atoms with Crippen LogP contribution in [-0.4, -0.2) is 60.0 Å². The van der Waals surface area contributed by atoms with Crippen LogP contribution in [0.3, 0.4) is 0 Å².